The van der Waals surface area contributed by atoms with Crippen LogP contribution < -0.4 is 15.4 Å². The maximum absolute atomic E-state index is 14.7. The molecule has 0 radical (unpaired) electrons. The number of likely N-dealkylation sites (tertiary alicyclic amines) is 2. The molecule has 7 heterocycles. The standard InChI is InChI=1S/C54H69N7O9/c1-27-9-15-45(60(27)51(62)48(58-53(64)66-7)35-17-29(3)69-30(4)18-35)43-23-40-39-24-47-41(22-33(39)12-14-42(40)56-43)38-13-11-34(21-37(38)26-68-47)44-25-55-50(57-44)46-16-10-28(2)61(46)52(63)49(59-54(65)67-8)36-19-31(5)70-32(6)20-36/h11,13,21-22,24-25,27-32,35-36,45-46,48-49H,9-10,12,14-20,23,26H2,1-8H3,(H,55,57)(H,58,64)(H,59,65)/t27-,28-,29+,30+,31+,32+,45-,46-,48-,49-/m0/s1. The fourth-order valence-electron chi connectivity index (χ4n) is 13.1. The van der Waals surface area contributed by atoms with Gasteiger partial charge in [0.05, 0.1) is 62.6 Å². The van der Waals surface area contributed by atoms with Crippen LogP contribution in [0.3, 0.4) is 0 Å². The molecule has 6 aliphatic heterocycles. The molecule has 4 fully saturated rings. The molecule has 4 amide bonds. The Morgan fingerprint density at radius 1 is 0.700 bits per heavy atom. The number of aryl methyl sites for hydroxylation is 1. The van der Waals surface area contributed by atoms with Crippen molar-refractivity contribution in [1.29, 1.82) is 0 Å². The third-order valence-electron chi connectivity index (χ3n) is 16.2. The Hall–Kier alpha value is -5.74. The van der Waals surface area contributed by atoms with Crippen molar-refractivity contribution in [3.05, 3.63) is 64.7 Å². The number of carbonyl (C=O) groups is 4. The number of aliphatic imine (C=N–C) groups is 1. The lowest BCUT2D eigenvalue weighted by atomic mass is 9.83. The lowest BCUT2D eigenvalue weighted by Gasteiger charge is -2.39. The Kier molecular flexibility index (Phi) is 13.3. The van der Waals surface area contributed by atoms with Crippen LogP contribution in [0.1, 0.15) is 134 Å². The number of H-pyrrole nitrogens is 1. The minimum Gasteiger partial charge on any atom is -0.488 e. The molecule has 0 bridgehead atoms. The maximum Gasteiger partial charge on any atom is 0.407 e. The van der Waals surface area contributed by atoms with E-state index in [0.29, 0.717) is 38.7 Å². The Morgan fingerprint density at radius 3 is 1.89 bits per heavy atom. The second-order valence-corrected chi connectivity index (χ2v) is 21.1. The molecule has 10 rings (SSSR count). The van der Waals surface area contributed by atoms with Crippen LogP contribution in [-0.2, 0) is 41.6 Å². The summed E-state index contributed by atoms with van der Waals surface area (Å²) in [5.41, 5.74) is 10.9. The van der Waals surface area contributed by atoms with Gasteiger partial charge in [-0.05, 0) is 169 Å². The third kappa shape index (κ3) is 9.10. The van der Waals surface area contributed by atoms with Crippen LogP contribution in [-0.4, -0.2) is 118 Å². The van der Waals surface area contributed by atoms with Gasteiger partial charge >= 0.3 is 12.2 Å². The van der Waals surface area contributed by atoms with E-state index in [1.165, 1.54) is 30.9 Å². The highest BCUT2D eigenvalue weighted by molar-refractivity contribution is 6.06. The number of benzene rings is 2. The van der Waals surface area contributed by atoms with Crippen molar-refractivity contribution < 1.29 is 42.9 Å². The van der Waals surface area contributed by atoms with Crippen molar-refractivity contribution in [2.24, 2.45) is 16.8 Å². The highest BCUT2D eigenvalue weighted by Gasteiger charge is 2.47. The largest absolute Gasteiger partial charge is 0.488 e. The van der Waals surface area contributed by atoms with Gasteiger partial charge < -0.3 is 49.1 Å². The van der Waals surface area contributed by atoms with E-state index in [1.54, 1.807) is 0 Å². The fourth-order valence-corrected chi connectivity index (χ4v) is 13.1. The molecule has 4 saturated heterocycles. The summed E-state index contributed by atoms with van der Waals surface area (Å²) in [6.07, 6.45) is 8.79. The number of aromatic amines is 1. The first-order valence-corrected chi connectivity index (χ1v) is 25.6. The Bertz CT molecular complexity index is 2590. The van der Waals surface area contributed by atoms with E-state index in [9.17, 15) is 19.2 Å². The number of fused-ring (bicyclic) bond motifs is 5. The summed E-state index contributed by atoms with van der Waals surface area (Å²) in [4.78, 5) is 72.1. The topological polar surface area (TPSA) is 186 Å². The zero-order chi connectivity index (χ0) is 49.1. The van der Waals surface area contributed by atoms with Crippen LogP contribution in [0.5, 0.6) is 5.75 Å². The molecule has 2 aromatic carbocycles. The van der Waals surface area contributed by atoms with Crippen LogP contribution in [0.2, 0.25) is 0 Å². The Morgan fingerprint density at radius 2 is 1.29 bits per heavy atom. The monoisotopic (exact) mass is 960 g/mol. The van der Waals surface area contributed by atoms with Crippen LogP contribution in [0, 0.1) is 11.8 Å². The number of alkyl carbamates (subject to hydrolysis) is 2. The number of rotatable bonds is 9. The quantitative estimate of drug-likeness (QED) is 0.188. The zero-order valence-corrected chi connectivity index (χ0v) is 41.8. The lowest BCUT2D eigenvalue weighted by molar-refractivity contribution is -0.140. The predicted octanol–water partition coefficient (Wildman–Crippen LogP) is 8.43. The SMILES string of the molecule is COC(=O)N[C@H](C(=O)N1[C@@H](C)CC[C@H]1C1=NC2=C(C1)c1cc3c(cc1CC2)-c1ccc(-c2cnc([C@@H]4CC[C@H](C)N4C(=O)[C@@H](NC(=O)OC)C4C[C@@H](C)O[C@H](C)C4)[nH]2)cc1CO3)C1C[C@@H](C)O[C@H](C)C1. The summed E-state index contributed by atoms with van der Waals surface area (Å²) < 4.78 is 28.6. The number of carbonyl (C=O) groups excluding carboxylic acids is 4. The van der Waals surface area contributed by atoms with Crippen molar-refractivity contribution in [3.63, 3.8) is 0 Å². The van der Waals surface area contributed by atoms with E-state index in [0.717, 1.165) is 89.5 Å². The van der Waals surface area contributed by atoms with Gasteiger partial charge in [0.2, 0.25) is 11.8 Å². The summed E-state index contributed by atoms with van der Waals surface area (Å²) in [6, 6.07) is 9.03. The molecular weight excluding hydrogens is 891 g/mol. The number of aromatic nitrogens is 2. The Labute approximate surface area is 410 Å². The highest BCUT2D eigenvalue weighted by Crippen LogP contribution is 2.48. The number of allylic oxidation sites excluding steroid dienone is 2. The van der Waals surface area contributed by atoms with E-state index in [1.807, 2.05) is 43.7 Å². The lowest BCUT2D eigenvalue weighted by Crippen LogP contribution is -2.57. The van der Waals surface area contributed by atoms with E-state index in [-0.39, 0.29) is 72.2 Å². The molecule has 16 nitrogen and oxygen atoms in total. The number of hydrogen-bond donors (Lipinski definition) is 3. The number of ether oxygens (including phenoxy) is 5. The molecule has 0 saturated carbocycles. The molecule has 10 atom stereocenters. The summed E-state index contributed by atoms with van der Waals surface area (Å²) >= 11 is 0. The van der Waals surface area contributed by atoms with Gasteiger partial charge in [0.15, 0.2) is 0 Å². The summed E-state index contributed by atoms with van der Waals surface area (Å²) in [5, 5.41) is 5.82. The molecule has 70 heavy (non-hydrogen) atoms. The van der Waals surface area contributed by atoms with Gasteiger partial charge in [0.25, 0.3) is 0 Å². The highest BCUT2D eigenvalue weighted by atomic mass is 16.5. The van der Waals surface area contributed by atoms with Crippen molar-refractivity contribution in [3.8, 4) is 28.1 Å². The number of amides is 4. The maximum atomic E-state index is 14.7. The second kappa shape index (κ2) is 19.5. The van der Waals surface area contributed by atoms with Crippen LogP contribution in [0.15, 0.2) is 47.2 Å². The van der Waals surface area contributed by atoms with E-state index in [4.69, 9.17) is 33.7 Å². The first kappa shape index (κ1) is 47.9. The van der Waals surface area contributed by atoms with Gasteiger partial charge in [0.1, 0.15) is 30.3 Å². The molecule has 7 aliphatic rings. The fraction of sp³-hybridized carbons (Fsp3) is 0.593. The van der Waals surface area contributed by atoms with Crippen LogP contribution in [0.4, 0.5) is 9.59 Å². The first-order valence-electron chi connectivity index (χ1n) is 25.6. The number of hydrogen-bond acceptors (Lipinski definition) is 11. The minimum absolute atomic E-state index is 0.00191. The molecule has 3 N–H and O–H groups in total. The molecule has 16 heteroatoms. The number of imidazole rings is 1. The minimum atomic E-state index is -0.743. The van der Waals surface area contributed by atoms with Gasteiger partial charge in [-0.25, -0.2) is 14.6 Å². The van der Waals surface area contributed by atoms with Crippen LogP contribution in [0.25, 0.3) is 28.0 Å². The van der Waals surface area contributed by atoms with Gasteiger partial charge in [-0.2, -0.15) is 0 Å². The normalized spacial score (nSPS) is 30.0. The Balaban J connectivity index is 0.849. The molecule has 0 spiro atoms. The molecule has 0 unspecified atom stereocenters. The number of nitrogens with one attached hydrogen (secondary N) is 3. The van der Waals surface area contributed by atoms with Crippen molar-refractivity contribution in [1.82, 2.24) is 30.4 Å². The van der Waals surface area contributed by atoms with Gasteiger partial charge in [-0.15, -0.1) is 0 Å². The van der Waals surface area contributed by atoms with Crippen molar-refractivity contribution >= 4 is 35.3 Å². The summed E-state index contributed by atoms with van der Waals surface area (Å²) in [6.45, 7) is 12.6. The van der Waals surface area contributed by atoms with E-state index < -0.39 is 24.3 Å². The van der Waals surface area contributed by atoms with Gasteiger partial charge in [-0.3, -0.25) is 14.6 Å². The number of nitrogens with zero attached hydrogens (tertiary/aromatic N) is 4. The molecule has 3 aromatic rings. The van der Waals surface area contributed by atoms with Crippen molar-refractivity contribution in [2.75, 3.05) is 14.2 Å². The molecule has 1 aromatic heterocycles. The van der Waals surface area contributed by atoms with Gasteiger partial charge in [0, 0.05) is 35.5 Å². The van der Waals surface area contributed by atoms with Crippen LogP contribution >= 0.6 is 0 Å². The summed E-state index contributed by atoms with van der Waals surface area (Å²) in [7, 11) is 2.66. The predicted molar refractivity (Wildman–Crippen MR) is 263 cm³/mol. The third-order valence-corrected chi connectivity index (χ3v) is 16.2. The number of methoxy groups -OCH3 is 2. The second-order valence-electron chi connectivity index (χ2n) is 21.1. The summed E-state index contributed by atoms with van der Waals surface area (Å²) in [5.74, 6) is 1.20. The van der Waals surface area contributed by atoms with E-state index in [2.05, 4.69) is 59.8 Å². The van der Waals surface area contributed by atoms with Gasteiger partial charge in [-0.1, -0.05) is 12.1 Å². The molecule has 1 aliphatic carbocycles. The first-order chi connectivity index (χ1) is 33.7. The zero-order valence-electron chi connectivity index (χ0n) is 41.8. The molecular formula is C54H69N7O9. The molecule has 374 valence electrons. The average molecular weight is 960 g/mol. The van der Waals surface area contributed by atoms with E-state index >= 15 is 0 Å². The smallest absolute Gasteiger partial charge is 0.407 e. The van der Waals surface area contributed by atoms with Crippen molar-refractivity contribution in [2.45, 2.75) is 179 Å². The average Bonchev–Trinajstić information content (AvgIpc) is 4.16.